The lowest BCUT2D eigenvalue weighted by Gasteiger charge is -2.21. The van der Waals surface area contributed by atoms with Gasteiger partial charge in [-0.2, -0.15) is 13.2 Å². The summed E-state index contributed by atoms with van der Waals surface area (Å²) < 4.78 is 45.6. The van der Waals surface area contributed by atoms with E-state index in [4.69, 9.17) is 27.9 Å². The van der Waals surface area contributed by atoms with Gasteiger partial charge < -0.3 is 9.72 Å². The van der Waals surface area contributed by atoms with Crippen LogP contribution in [0.4, 0.5) is 13.2 Å². The van der Waals surface area contributed by atoms with Gasteiger partial charge in [0.2, 0.25) is 5.75 Å². The minimum Gasteiger partial charge on any atom is -0.449 e. The van der Waals surface area contributed by atoms with E-state index in [0.717, 1.165) is 19.4 Å². The first-order valence-electron chi connectivity index (χ1n) is 8.22. The van der Waals surface area contributed by atoms with Crippen molar-refractivity contribution in [1.29, 1.82) is 0 Å². The van der Waals surface area contributed by atoms with Crippen LogP contribution in [-0.4, -0.2) is 27.5 Å². The van der Waals surface area contributed by atoms with Crippen molar-refractivity contribution in [3.05, 3.63) is 50.1 Å². The molecule has 1 N–H and O–H groups in total. The van der Waals surface area contributed by atoms with Crippen LogP contribution in [0.25, 0.3) is 0 Å². The molecular formula is C17H16Cl2F3N3O2. The summed E-state index contributed by atoms with van der Waals surface area (Å²) in [5.41, 5.74) is -2.38. The molecule has 1 atom stereocenters. The second kappa shape index (κ2) is 7.69. The number of nitrogens with zero attached hydrogens (tertiary/aromatic N) is 2. The molecule has 1 aromatic heterocycles. The Morgan fingerprint density at radius 2 is 2.07 bits per heavy atom. The molecule has 2 aromatic rings. The van der Waals surface area contributed by atoms with E-state index in [1.165, 1.54) is 18.2 Å². The molecule has 0 aliphatic carbocycles. The molecule has 27 heavy (non-hydrogen) atoms. The van der Waals surface area contributed by atoms with E-state index in [0.29, 0.717) is 0 Å². The Morgan fingerprint density at radius 1 is 1.33 bits per heavy atom. The van der Waals surface area contributed by atoms with Gasteiger partial charge in [-0.05, 0) is 38.4 Å². The molecule has 1 fully saturated rings. The molecule has 1 unspecified atom stereocenters. The Balaban J connectivity index is 1.97. The number of aromatic nitrogens is 2. The first kappa shape index (κ1) is 20.0. The van der Waals surface area contributed by atoms with Crippen molar-refractivity contribution in [2.75, 3.05) is 6.54 Å². The number of hydrogen-bond acceptors (Lipinski definition) is 4. The highest BCUT2D eigenvalue weighted by molar-refractivity contribution is 6.42. The maximum atomic E-state index is 13.5. The Bertz CT molecular complexity index is 902. The number of alkyl halides is 3. The van der Waals surface area contributed by atoms with E-state index in [9.17, 15) is 18.0 Å². The van der Waals surface area contributed by atoms with Crippen molar-refractivity contribution in [3.63, 3.8) is 0 Å². The van der Waals surface area contributed by atoms with Crippen molar-refractivity contribution < 1.29 is 17.9 Å². The van der Waals surface area contributed by atoms with Crippen molar-refractivity contribution >= 4 is 23.2 Å². The monoisotopic (exact) mass is 421 g/mol. The van der Waals surface area contributed by atoms with Crippen LogP contribution in [0.2, 0.25) is 10.0 Å². The largest absolute Gasteiger partial charge is 0.449 e. The number of halogens is 5. The van der Waals surface area contributed by atoms with Gasteiger partial charge in [-0.15, -0.1) is 0 Å². The molecule has 3 rings (SSSR count). The van der Waals surface area contributed by atoms with Crippen LogP contribution < -0.4 is 10.3 Å². The maximum absolute atomic E-state index is 13.5. The number of ether oxygens (including phenoxy) is 1. The van der Waals surface area contributed by atoms with Gasteiger partial charge >= 0.3 is 6.18 Å². The molecule has 0 bridgehead atoms. The molecule has 146 valence electrons. The predicted molar refractivity (Wildman–Crippen MR) is 95.5 cm³/mol. The van der Waals surface area contributed by atoms with Crippen molar-refractivity contribution in [2.24, 2.45) is 0 Å². The Labute approximate surface area is 163 Å². The van der Waals surface area contributed by atoms with Crippen LogP contribution >= 0.6 is 23.2 Å². The lowest BCUT2D eigenvalue weighted by atomic mass is 10.2. The zero-order chi connectivity index (χ0) is 19.8. The fourth-order valence-corrected chi connectivity index (χ4v) is 3.24. The molecule has 5 nitrogen and oxygen atoms in total. The van der Waals surface area contributed by atoms with E-state index >= 15 is 0 Å². The van der Waals surface area contributed by atoms with E-state index in [1.54, 1.807) is 0 Å². The van der Waals surface area contributed by atoms with E-state index in [-0.39, 0.29) is 34.2 Å². The molecular weight excluding hydrogens is 406 g/mol. The summed E-state index contributed by atoms with van der Waals surface area (Å²) in [5.74, 6) is -1.04. The minimum atomic E-state index is -4.86. The summed E-state index contributed by atoms with van der Waals surface area (Å²) in [5, 5.41) is 0.300. The van der Waals surface area contributed by atoms with Gasteiger partial charge in [0.1, 0.15) is 11.6 Å². The number of H-pyrrole nitrogens is 1. The summed E-state index contributed by atoms with van der Waals surface area (Å²) >= 11 is 11.6. The van der Waals surface area contributed by atoms with Gasteiger partial charge in [-0.3, -0.25) is 9.69 Å². The number of benzene rings is 1. The highest BCUT2D eigenvalue weighted by Crippen LogP contribution is 2.36. The number of nitrogens with one attached hydrogen (secondary N) is 1. The fraction of sp³-hybridized carbons (Fsp3) is 0.412. The van der Waals surface area contributed by atoms with Crippen LogP contribution in [0.1, 0.15) is 31.3 Å². The molecule has 2 heterocycles. The normalized spacial score (nSPS) is 18.1. The van der Waals surface area contributed by atoms with Gasteiger partial charge in [-0.25, -0.2) is 4.98 Å². The molecule has 1 saturated heterocycles. The molecule has 0 radical (unpaired) electrons. The maximum Gasteiger partial charge on any atom is 0.437 e. The van der Waals surface area contributed by atoms with Gasteiger partial charge in [0.15, 0.2) is 5.69 Å². The third-order valence-corrected chi connectivity index (χ3v) is 5.09. The zero-order valence-corrected chi connectivity index (χ0v) is 15.8. The third-order valence-electron chi connectivity index (χ3n) is 4.35. The number of aromatic amines is 1. The number of likely N-dealkylation sites (tertiary alicyclic amines) is 1. The molecule has 0 amide bonds. The Morgan fingerprint density at radius 3 is 2.67 bits per heavy atom. The van der Waals surface area contributed by atoms with E-state index in [2.05, 4.69) is 9.97 Å². The van der Waals surface area contributed by atoms with Crippen LogP contribution in [0.5, 0.6) is 11.5 Å². The quantitative estimate of drug-likeness (QED) is 0.764. The summed E-state index contributed by atoms with van der Waals surface area (Å²) in [6.45, 7) is 2.86. The summed E-state index contributed by atoms with van der Waals surface area (Å²) in [7, 11) is 0. The second-order valence-electron chi connectivity index (χ2n) is 6.33. The van der Waals surface area contributed by atoms with Crippen LogP contribution in [0.3, 0.4) is 0 Å². The second-order valence-corrected chi connectivity index (χ2v) is 7.14. The van der Waals surface area contributed by atoms with E-state index < -0.39 is 23.2 Å². The van der Waals surface area contributed by atoms with Gasteiger partial charge in [-0.1, -0.05) is 23.2 Å². The smallest absolute Gasteiger partial charge is 0.437 e. The highest BCUT2D eigenvalue weighted by Gasteiger charge is 2.39. The summed E-state index contributed by atoms with van der Waals surface area (Å²) in [6, 6.07) is 4.12. The summed E-state index contributed by atoms with van der Waals surface area (Å²) in [6.07, 6.45) is -2.95. The zero-order valence-electron chi connectivity index (χ0n) is 14.2. The van der Waals surface area contributed by atoms with Crippen LogP contribution in [0, 0.1) is 0 Å². The predicted octanol–water partition coefficient (Wildman–Crippen LogP) is 4.87. The minimum absolute atomic E-state index is 0.0527. The summed E-state index contributed by atoms with van der Waals surface area (Å²) in [4.78, 5) is 20.3. The van der Waals surface area contributed by atoms with Gasteiger partial charge in [0.25, 0.3) is 5.56 Å². The molecule has 0 saturated carbocycles. The average Bonchev–Trinajstić information content (AvgIpc) is 2.97. The Hall–Kier alpha value is -1.77. The third kappa shape index (κ3) is 4.56. The average molecular weight is 422 g/mol. The SMILES string of the molecule is CC1CCCN1Cc1nc(C(F)(F)F)c(Oc2ccc(Cl)c(Cl)c2)c(=O)[nH]1. The lowest BCUT2D eigenvalue weighted by molar-refractivity contribution is -0.142. The molecule has 0 spiro atoms. The van der Waals surface area contributed by atoms with Crippen molar-refractivity contribution in [2.45, 2.75) is 38.5 Å². The van der Waals surface area contributed by atoms with Crippen LogP contribution in [-0.2, 0) is 12.7 Å². The number of hydrogen-bond donors (Lipinski definition) is 1. The standard InChI is InChI=1S/C17H16Cl2F3N3O2/c1-9-3-2-6-25(9)8-13-23-15(17(20,21)22)14(16(26)24-13)27-10-4-5-11(18)12(19)7-10/h4-5,7,9H,2-3,6,8H2,1H3,(H,23,24,26). The molecule has 10 heteroatoms. The fourth-order valence-electron chi connectivity index (χ4n) is 2.95. The lowest BCUT2D eigenvalue weighted by Crippen LogP contribution is -2.30. The molecule has 1 aromatic carbocycles. The van der Waals surface area contributed by atoms with Crippen molar-refractivity contribution in [3.8, 4) is 11.5 Å². The topological polar surface area (TPSA) is 58.2 Å². The van der Waals surface area contributed by atoms with Gasteiger partial charge in [0, 0.05) is 12.1 Å². The molecule has 1 aliphatic heterocycles. The number of rotatable bonds is 4. The Kier molecular flexibility index (Phi) is 5.69. The molecule has 1 aliphatic rings. The van der Waals surface area contributed by atoms with Crippen molar-refractivity contribution in [1.82, 2.24) is 14.9 Å². The highest BCUT2D eigenvalue weighted by atomic mass is 35.5. The first-order chi connectivity index (χ1) is 12.6. The first-order valence-corrected chi connectivity index (χ1v) is 8.98. The van der Waals surface area contributed by atoms with E-state index in [1.807, 2.05) is 11.8 Å². The van der Waals surface area contributed by atoms with Gasteiger partial charge in [0.05, 0.1) is 16.6 Å². The van der Waals surface area contributed by atoms with Crippen LogP contribution in [0.15, 0.2) is 23.0 Å².